The standard InChI is InChI=1S/C16H15Cl2N3O2/c1-9-3-5-12(15(20-22)21-8-10(21)2)16(19-9)23-14-7-11(17)4-6-13(14)18/h3-7,10,22H,8H2,1-2H3/b20-15-. The fourth-order valence-electron chi connectivity index (χ4n) is 2.24. The van der Waals surface area contributed by atoms with E-state index in [9.17, 15) is 5.21 Å². The van der Waals surface area contributed by atoms with Crippen molar-refractivity contribution in [3.63, 3.8) is 0 Å². The maximum atomic E-state index is 9.38. The third-order valence-corrected chi connectivity index (χ3v) is 4.11. The van der Waals surface area contributed by atoms with Crippen LogP contribution in [0, 0.1) is 6.92 Å². The van der Waals surface area contributed by atoms with Crippen LogP contribution in [0.2, 0.25) is 10.0 Å². The van der Waals surface area contributed by atoms with Gasteiger partial charge in [-0.3, -0.25) is 0 Å². The Bertz CT molecular complexity index is 780. The normalized spacial score (nSPS) is 17.3. The molecule has 1 aromatic heterocycles. The van der Waals surface area contributed by atoms with Crippen LogP contribution in [0.5, 0.6) is 11.6 Å². The first-order valence-electron chi connectivity index (χ1n) is 7.09. The monoisotopic (exact) mass is 351 g/mol. The number of pyridine rings is 1. The van der Waals surface area contributed by atoms with E-state index in [2.05, 4.69) is 10.1 Å². The molecule has 3 rings (SSSR count). The van der Waals surface area contributed by atoms with Gasteiger partial charge in [0.25, 0.3) is 0 Å². The van der Waals surface area contributed by atoms with Crippen LogP contribution in [0.4, 0.5) is 0 Å². The second-order valence-electron chi connectivity index (χ2n) is 5.41. The Morgan fingerprint density at radius 1 is 1.35 bits per heavy atom. The Balaban J connectivity index is 2.01. The van der Waals surface area contributed by atoms with E-state index in [-0.39, 0.29) is 0 Å². The highest BCUT2D eigenvalue weighted by Crippen LogP contribution is 2.34. The number of halogens is 2. The third kappa shape index (κ3) is 3.35. The lowest BCUT2D eigenvalue weighted by atomic mass is 10.2. The molecule has 1 fully saturated rings. The molecule has 1 aromatic carbocycles. The average molecular weight is 352 g/mol. The molecule has 5 nitrogen and oxygen atoms in total. The second kappa shape index (κ2) is 6.26. The van der Waals surface area contributed by atoms with Crippen LogP contribution in [0.1, 0.15) is 18.2 Å². The summed E-state index contributed by atoms with van der Waals surface area (Å²) in [4.78, 5) is 6.34. The molecule has 0 bridgehead atoms. The lowest BCUT2D eigenvalue weighted by molar-refractivity contribution is 0.313. The van der Waals surface area contributed by atoms with Crippen molar-refractivity contribution in [2.24, 2.45) is 5.16 Å². The van der Waals surface area contributed by atoms with Crippen LogP contribution in [0.15, 0.2) is 35.5 Å². The van der Waals surface area contributed by atoms with Crippen LogP contribution >= 0.6 is 23.2 Å². The molecule has 1 unspecified atom stereocenters. The molecule has 0 radical (unpaired) electrons. The van der Waals surface area contributed by atoms with E-state index in [0.29, 0.717) is 39.1 Å². The van der Waals surface area contributed by atoms with E-state index < -0.39 is 0 Å². The quantitative estimate of drug-likeness (QED) is 0.294. The summed E-state index contributed by atoms with van der Waals surface area (Å²) < 4.78 is 5.85. The molecule has 1 saturated heterocycles. The van der Waals surface area contributed by atoms with Crippen LogP contribution in [-0.2, 0) is 0 Å². The molecule has 1 aliphatic heterocycles. The SMILES string of the molecule is Cc1ccc(/C(=N/O)N2CC2C)c(Oc2cc(Cl)ccc2Cl)n1. The topological polar surface area (TPSA) is 57.7 Å². The molecule has 0 saturated carbocycles. The molecular weight excluding hydrogens is 337 g/mol. The summed E-state index contributed by atoms with van der Waals surface area (Å²) in [5.74, 6) is 1.15. The number of hydrogen-bond acceptors (Lipinski definition) is 4. The summed E-state index contributed by atoms with van der Waals surface area (Å²) in [5, 5.41) is 13.7. The summed E-state index contributed by atoms with van der Waals surface area (Å²) in [7, 11) is 0. The van der Waals surface area contributed by atoms with E-state index in [1.807, 2.05) is 30.9 Å². The predicted molar refractivity (Wildman–Crippen MR) is 90.0 cm³/mol. The van der Waals surface area contributed by atoms with Gasteiger partial charge < -0.3 is 14.8 Å². The highest BCUT2D eigenvalue weighted by Gasteiger charge is 2.35. The van der Waals surface area contributed by atoms with Crippen molar-refractivity contribution in [3.8, 4) is 11.6 Å². The number of hydrogen-bond donors (Lipinski definition) is 1. The van der Waals surface area contributed by atoms with Gasteiger partial charge in [0.1, 0.15) is 5.75 Å². The minimum atomic E-state index is 0.320. The molecule has 1 N–H and O–H groups in total. The van der Waals surface area contributed by atoms with Gasteiger partial charge in [0.05, 0.1) is 10.6 Å². The molecule has 0 aliphatic carbocycles. The van der Waals surface area contributed by atoms with Gasteiger partial charge in [-0.2, -0.15) is 0 Å². The number of amidine groups is 1. The molecule has 1 atom stereocenters. The molecular formula is C16H15Cl2N3O2. The van der Waals surface area contributed by atoms with Crippen molar-refractivity contribution in [2.45, 2.75) is 19.9 Å². The molecule has 120 valence electrons. The van der Waals surface area contributed by atoms with Gasteiger partial charge in [0, 0.05) is 29.4 Å². The van der Waals surface area contributed by atoms with Crippen molar-refractivity contribution < 1.29 is 9.94 Å². The highest BCUT2D eigenvalue weighted by molar-refractivity contribution is 6.34. The summed E-state index contributed by atoms with van der Waals surface area (Å²) in [6, 6.07) is 8.93. The molecule has 23 heavy (non-hydrogen) atoms. The Kier molecular flexibility index (Phi) is 4.33. The fraction of sp³-hybridized carbons (Fsp3) is 0.250. The molecule has 0 spiro atoms. The number of aryl methyl sites for hydroxylation is 1. The molecule has 1 aliphatic rings. The summed E-state index contributed by atoms with van der Waals surface area (Å²) in [6.07, 6.45) is 0. The largest absolute Gasteiger partial charge is 0.437 e. The number of ether oxygens (including phenoxy) is 1. The number of aromatic nitrogens is 1. The number of rotatable bonds is 3. The van der Waals surface area contributed by atoms with E-state index >= 15 is 0 Å². The Labute approximate surface area is 144 Å². The lowest BCUT2D eigenvalue weighted by Crippen LogP contribution is -2.16. The maximum absolute atomic E-state index is 9.38. The minimum Gasteiger partial charge on any atom is -0.437 e. The van der Waals surface area contributed by atoms with Gasteiger partial charge in [-0.15, -0.1) is 0 Å². The molecule has 2 heterocycles. The summed E-state index contributed by atoms with van der Waals surface area (Å²) >= 11 is 12.1. The molecule has 0 amide bonds. The van der Waals surface area contributed by atoms with Crippen LogP contribution < -0.4 is 4.74 Å². The third-order valence-electron chi connectivity index (χ3n) is 3.57. The van der Waals surface area contributed by atoms with Gasteiger partial charge in [-0.1, -0.05) is 28.4 Å². The Morgan fingerprint density at radius 2 is 2.09 bits per heavy atom. The lowest BCUT2D eigenvalue weighted by Gasteiger charge is -2.14. The number of nitrogens with zero attached hydrogens (tertiary/aromatic N) is 3. The molecule has 7 heteroatoms. The van der Waals surface area contributed by atoms with Crippen molar-refractivity contribution in [3.05, 3.63) is 51.6 Å². The number of benzene rings is 1. The summed E-state index contributed by atoms with van der Waals surface area (Å²) in [5.41, 5.74) is 1.37. The maximum Gasteiger partial charge on any atom is 0.230 e. The highest BCUT2D eigenvalue weighted by atomic mass is 35.5. The zero-order valence-electron chi connectivity index (χ0n) is 12.6. The first-order valence-corrected chi connectivity index (χ1v) is 7.85. The number of oxime groups is 1. The van der Waals surface area contributed by atoms with Crippen LogP contribution in [0.3, 0.4) is 0 Å². The van der Waals surface area contributed by atoms with Crippen molar-refractivity contribution in [1.82, 2.24) is 9.88 Å². The first-order chi connectivity index (χ1) is 11.0. The van der Waals surface area contributed by atoms with Gasteiger partial charge in [0.2, 0.25) is 5.88 Å². The second-order valence-corrected chi connectivity index (χ2v) is 6.25. The fourth-order valence-corrected chi connectivity index (χ4v) is 2.56. The van der Waals surface area contributed by atoms with Gasteiger partial charge >= 0.3 is 0 Å². The van der Waals surface area contributed by atoms with Crippen molar-refractivity contribution in [1.29, 1.82) is 0 Å². The zero-order chi connectivity index (χ0) is 16.6. The average Bonchev–Trinajstić information content (AvgIpc) is 3.22. The van der Waals surface area contributed by atoms with Crippen molar-refractivity contribution in [2.75, 3.05) is 6.54 Å². The van der Waals surface area contributed by atoms with E-state index in [4.69, 9.17) is 27.9 Å². The predicted octanol–water partition coefficient (Wildman–Crippen LogP) is 4.33. The van der Waals surface area contributed by atoms with Crippen LogP contribution in [-0.4, -0.2) is 33.5 Å². The Morgan fingerprint density at radius 3 is 2.74 bits per heavy atom. The van der Waals surface area contributed by atoms with Gasteiger partial charge in [-0.05, 0) is 38.1 Å². The van der Waals surface area contributed by atoms with Crippen molar-refractivity contribution >= 4 is 29.0 Å². The summed E-state index contributed by atoms with van der Waals surface area (Å²) in [6.45, 7) is 4.72. The minimum absolute atomic E-state index is 0.320. The van der Waals surface area contributed by atoms with Crippen LogP contribution in [0.25, 0.3) is 0 Å². The first kappa shape index (κ1) is 15.9. The van der Waals surface area contributed by atoms with E-state index in [1.165, 1.54) is 0 Å². The van der Waals surface area contributed by atoms with Gasteiger partial charge in [0.15, 0.2) is 5.84 Å². The van der Waals surface area contributed by atoms with E-state index in [1.54, 1.807) is 18.2 Å². The van der Waals surface area contributed by atoms with E-state index in [0.717, 1.165) is 12.2 Å². The smallest absolute Gasteiger partial charge is 0.230 e. The van der Waals surface area contributed by atoms with Gasteiger partial charge in [-0.25, -0.2) is 4.98 Å². The zero-order valence-corrected chi connectivity index (χ0v) is 14.1. The molecule has 2 aromatic rings. The Hall–Kier alpha value is -1.98.